The normalized spacial score (nSPS) is 14.4. The second-order valence-corrected chi connectivity index (χ2v) is 10.2. The van der Waals surface area contributed by atoms with E-state index in [2.05, 4.69) is 29.4 Å². The van der Waals surface area contributed by atoms with Gasteiger partial charge in [-0.15, -0.1) is 11.3 Å². The van der Waals surface area contributed by atoms with E-state index in [4.69, 9.17) is 4.98 Å². The van der Waals surface area contributed by atoms with Gasteiger partial charge in [-0.3, -0.25) is 9.59 Å². The van der Waals surface area contributed by atoms with Gasteiger partial charge < -0.3 is 10.3 Å². The first-order valence-corrected chi connectivity index (χ1v) is 13.1. The summed E-state index contributed by atoms with van der Waals surface area (Å²) < 4.78 is 0. The lowest BCUT2D eigenvalue weighted by atomic mass is 9.96. The maximum absolute atomic E-state index is 12.6. The summed E-state index contributed by atoms with van der Waals surface area (Å²) in [6.07, 6.45) is 5.88. The SMILES string of the molecule is CCC(CNC(=O)CCSCc1nc2sc3c(c2c(=O)[nH]1)CCCC3)c1ccccc1. The zero-order valence-electron chi connectivity index (χ0n) is 17.9. The number of thioether (sulfide) groups is 1. The Kier molecular flexibility index (Phi) is 7.45. The molecule has 0 bridgehead atoms. The fraction of sp³-hybridized carbons (Fsp3) is 0.458. The number of amides is 1. The number of hydrogen-bond acceptors (Lipinski definition) is 5. The van der Waals surface area contributed by atoms with Gasteiger partial charge in [0.05, 0.1) is 11.1 Å². The highest BCUT2D eigenvalue weighted by atomic mass is 32.2. The average Bonchev–Trinajstić information content (AvgIpc) is 3.17. The maximum atomic E-state index is 12.6. The average molecular weight is 456 g/mol. The standard InChI is InChI=1S/C24H29N3O2S2/c1-2-16(17-8-4-3-5-9-17)14-25-21(28)12-13-30-15-20-26-23(29)22-18-10-6-7-11-19(18)31-24(22)27-20/h3-5,8-9,16H,2,6-7,10-15H2,1H3,(H,25,28)(H,26,27,29). The Balaban J connectivity index is 1.25. The van der Waals surface area contributed by atoms with Crippen molar-refractivity contribution in [2.24, 2.45) is 0 Å². The Bertz CT molecular complexity index is 1090. The number of aromatic nitrogens is 2. The van der Waals surface area contributed by atoms with Crippen LogP contribution in [0.1, 0.15) is 60.4 Å². The van der Waals surface area contributed by atoms with Crippen LogP contribution in [-0.4, -0.2) is 28.2 Å². The van der Waals surface area contributed by atoms with Gasteiger partial charge in [-0.25, -0.2) is 4.98 Å². The van der Waals surface area contributed by atoms with E-state index in [0.717, 1.165) is 35.9 Å². The first kappa shape index (κ1) is 22.1. The van der Waals surface area contributed by atoms with Crippen molar-refractivity contribution >= 4 is 39.2 Å². The summed E-state index contributed by atoms with van der Waals surface area (Å²) in [5, 5.41) is 3.87. The van der Waals surface area contributed by atoms with E-state index in [1.165, 1.54) is 22.4 Å². The minimum absolute atomic E-state index is 0.00994. The molecule has 2 aromatic heterocycles. The molecule has 1 aromatic carbocycles. The van der Waals surface area contributed by atoms with Gasteiger partial charge in [-0.2, -0.15) is 11.8 Å². The van der Waals surface area contributed by atoms with Crippen molar-refractivity contribution < 1.29 is 4.79 Å². The number of thiophene rings is 1. The third-order valence-electron chi connectivity index (χ3n) is 5.90. The molecule has 31 heavy (non-hydrogen) atoms. The van der Waals surface area contributed by atoms with E-state index in [-0.39, 0.29) is 11.5 Å². The van der Waals surface area contributed by atoms with Crippen molar-refractivity contribution in [3.63, 3.8) is 0 Å². The molecule has 0 aliphatic heterocycles. The molecule has 4 rings (SSSR count). The molecule has 2 heterocycles. The molecular weight excluding hydrogens is 426 g/mol. The summed E-state index contributed by atoms with van der Waals surface area (Å²) in [5.74, 6) is 2.44. The van der Waals surface area contributed by atoms with Crippen molar-refractivity contribution in [2.45, 2.75) is 57.1 Å². The fourth-order valence-electron chi connectivity index (χ4n) is 4.16. The van der Waals surface area contributed by atoms with Crippen molar-refractivity contribution in [3.8, 4) is 0 Å². The number of carbonyl (C=O) groups is 1. The minimum atomic E-state index is -0.00994. The van der Waals surface area contributed by atoms with Crippen molar-refractivity contribution in [3.05, 3.63) is 62.5 Å². The Morgan fingerprint density at radius 1 is 1.26 bits per heavy atom. The van der Waals surface area contributed by atoms with Gasteiger partial charge in [0.1, 0.15) is 10.7 Å². The van der Waals surface area contributed by atoms with Crippen LogP contribution in [0.2, 0.25) is 0 Å². The number of nitrogens with one attached hydrogen (secondary N) is 2. The maximum Gasteiger partial charge on any atom is 0.259 e. The highest BCUT2D eigenvalue weighted by Crippen LogP contribution is 2.33. The van der Waals surface area contributed by atoms with Crippen LogP contribution >= 0.6 is 23.1 Å². The molecule has 3 aromatic rings. The van der Waals surface area contributed by atoms with E-state index in [0.29, 0.717) is 36.2 Å². The van der Waals surface area contributed by atoms with Crippen LogP contribution < -0.4 is 10.9 Å². The van der Waals surface area contributed by atoms with Gasteiger partial charge in [0, 0.05) is 29.5 Å². The molecule has 1 atom stereocenters. The molecule has 1 aliphatic carbocycles. The lowest BCUT2D eigenvalue weighted by molar-refractivity contribution is -0.120. The van der Waals surface area contributed by atoms with Crippen LogP contribution in [0.4, 0.5) is 0 Å². The first-order chi connectivity index (χ1) is 15.2. The smallest absolute Gasteiger partial charge is 0.259 e. The molecule has 7 heteroatoms. The first-order valence-electron chi connectivity index (χ1n) is 11.1. The van der Waals surface area contributed by atoms with E-state index >= 15 is 0 Å². The second kappa shape index (κ2) is 10.5. The van der Waals surface area contributed by atoms with Crippen LogP contribution in [0.5, 0.6) is 0 Å². The minimum Gasteiger partial charge on any atom is -0.355 e. The summed E-state index contributed by atoms with van der Waals surface area (Å²) in [4.78, 5) is 34.7. The summed E-state index contributed by atoms with van der Waals surface area (Å²) in [6.45, 7) is 2.81. The van der Waals surface area contributed by atoms with Crippen LogP contribution in [0.3, 0.4) is 0 Å². The number of aromatic amines is 1. The zero-order valence-corrected chi connectivity index (χ0v) is 19.5. The van der Waals surface area contributed by atoms with Gasteiger partial charge >= 0.3 is 0 Å². The molecule has 0 saturated heterocycles. The van der Waals surface area contributed by atoms with Crippen molar-refractivity contribution in [1.82, 2.24) is 15.3 Å². The van der Waals surface area contributed by atoms with Crippen LogP contribution in [0.25, 0.3) is 10.2 Å². The Morgan fingerprint density at radius 2 is 2.06 bits per heavy atom. The molecule has 1 amide bonds. The Labute approximate surface area is 191 Å². The van der Waals surface area contributed by atoms with Crippen LogP contribution in [0, 0.1) is 0 Å². The highest BCUT2D eigenvalue weighted by molar-refractivity contribution is 7.98. The lowest BCUT2D eigenvalue weighted by Gasteiger charge is -2.16. The van der Waals surface area contributed by atoms with Crippen molar-refractivity contribution in [2.75, 3.05) is 12.3 Å². The van der Waals surface area contributed by atoms with E-state index in [1.807, 2.05) is 18.2 Å². The number of nitrogens with zero attached hydrogens (tertiary/aromatic N) is 1. The quantitative estimate of drug-likeness (QED) is 0.455. The topological polar surface area (TPSA) is 74.8 Å². The molecule has 164 valence electrons. The molecule has 2 N–H and O–H groups in total. The molecule has 1 unspecified atom stereocenters. The molecule has 0 spiro atoms. The molecule has 0 saturated carbocycles. The zero-order chi connectivity index (χ0) is 21.6. The number of carbonyl (C=O) groups excluding carboxylic acids is 1. The Morgan fingerprint density at radius 3 is 2.87 bits per heavy atom. The predicted octanol–water partition coefficient (Wildman–Crippen LogP) is 4.80. The number of rotatable bonds is 9. The molecular formula is C24H29N3O2S2. The molecule has 5 nitrogen and oxygen atoms in total. The van der Waals surface area contributed by atoms with Crippen LogP contribution in [-0.2, 0) is 23.4 Å². The van der Waals surface area contributed by atoms with Gasteiger partial charge in [-0.05, 0) is 43.2 Å². The number of fused-ring (bicyclic) bond motifs is 3. The van der Waals surface area contributed by atoms with Gasteiger partial charge in [-0.1, -0.05) is 37.3 Å². The summed E-state index contributed by atoms with van der Waals surface area (Å²) in [7, 11) is 0. The predicted molar refractivity (Wildman–Crippen MR) is 130 cm³/mol. The lowest BCUT2D eigenvalue weighted by Crippen LogP contribution is -2.28. The van der Waals surface area contributed by atoms with E-state index in [9.17, 15) is 9.59 Å². The molecule has 0 fully saturated rings. The van der Waals surface area contributed by atoms with E-state index < -0.39 is 0 Å². The third kappa shape index (κ3) is 5.39. The van der Waals surface area contributed by atoms with Gasteiger partial charge in [0.2, 0.25) is 5.91 Å². The largest absolute Gasteiger partial charge is 0.355 e. The fourth-order valence-corrected chi connectivity index (χ4v) is 6.24. The number of hydrogen-bond donors (Lipinski definition) is 2. The second-order valence-electron chi connectivity index (χ2n) is 8.03. The van der Waals surface area contributed by atoms with Gasteiger partial charge in [0.25, 0.3) is 5.56 Å². The third-order valence-corrected chi connectivity index (χ3v) is 8.05. The molecule has 1 aliphatic rings. The van der Waals surface area contributed by atoms with Gasteiger partial charge in [0.15, 0.2) is 0 Å². The number of benzene rings is 1. The monoisotopic (exact) mass is 455 g/mol. The van der Waals surface area contributed by atoms with E-state index in [1.54, 1.807) is 23.1 Å². The summed E-state index contributed by atoms with van der Waals surface area (Å²) in [5.41, 5.74) is 2.47. The van der Waals surface area contributed by atoms with Crippen LogP contribution in [0.15, 0.2) is 35.1 Å². The summed E-state index contributed by atoms with van der Waals surface area (Å²) >= 11 is 3.31. The molecule has 0 radical (unpaired) electrons. The summed E-state index contributed by atoms with van der Waals surface area (Å²) in [6, 6.07) is 10.3. The number of H-pyrrole nitrogens is 1. The number of aryl methyl sites for hydroxylation is 2. The van der Waals surface area contributed by atoms with Crippen molar-refractivity contribution in [1.29, 1.82) is 0 Å². The Hall–Kier alpha value is -2.12. The highest BCUT2D eigenvalue weighted by Gasteiger charge is 2.19.